The fourth-order valence-corrected chi connectivity index (χ4v) is 1.84. The van der Waals surface area contributed by atoms with Crippen LogP contribution in [0.5, 0.6) is 0 Å². The van der Waals surface area contributed by atoms with Gasteiger partial charge in [-0.05, 0) is 38.1 Å². The van der Waals surface area contributed by atoms with Crippen LogP contribution >= 0.6 is 0 Å². The van der Waals surface area contributed by atoms with E-state index in [-0.39, 0.29) is 11.8 Å². The van der Waals surface area contributed by atoms with Crippen LogP contribution in [0.15, 0.2) is 0 Å². The van der Waals surface area contributed by atoms with Gasteiger partial charge in [0.2, 0.25) is 5.91 Å². The molecular formula is C12H22N2O3. The number of rotatable bonds is 9. The van der Waals surface area contributed by atoms with Crippen LogP contribution in [0, 0.1) is 5.92 Å². The first-order valence-corrected chi connectivity index (χ1v) is 6.37. The molecule has 98 valence electrons. The standard InChI is InChI=1S/C12H22N2O3/c13-8-4-2-1-3-5-10(15)14-11(12(16)17)9-6-7-9/h9,11H,1-8,13H2,(H,14,15)(H,16,17). The number of aliphatic carboxylic acids is 1. The van der Waals surface area contributed by atoms with Gasteiger partial charge in [-0.3, -0.25) is 4.79 Å². The maximum Gasteiger partial charge on any atom is 0.326 e. The van der Waals surface area contributed by atoms with Crippen molar-refractivity contribution in [2.24, 2.45) is 11.7 Å². The van der Waals surface area contributed by atoms with Gasteiger partial charge in [0, 0.05) is 6.42 Å². The smallest absolute Gasteiger partial charge is 0.326 e. The number of hydrogen-bond donors (Lipinski definition) is 3. The lowest BCUT2D eigenvalue weighted by atomic mass is 10.1. The third-order valence-corrected chi connectivity index (χ3v) is 3.03. The molecule has 0 spiro atoms. The van der Waals surface area contributed by atoms with Crippen LogP contribution in [0.2, 0.25) is 0 Å². The molecule has 1 fully saturated rings. The third-order valence-electron chi connectivity index (χ3n) is 3.03. The van der Waals surface area contributed by atoms with Crippen molar-refractivity contribution < 1.29 is 14.7 Å². The molecule has 5 heteroatoms. The normalized spacial score (nSPS) is 16.5. The number of carbonyl (C=O) groups is 2. The second-order valence-corrected chi connectivity index (χ2v) is 4.67. The Labute approximate surface area is 102 Å². The quantitative estimate of drug-likeness (QED) is 0.523. The van der Waals surface area contributed by atoms with E-state index in [0.29, 0.717) is 13.0 Å². The zero-order chi connectivity index (χ0) is 12.7. The number of nitrogens with one attached hydrogen (secondary N) is 1. The molecular weight excluding hydrogens is 220 g/mol. The van der Waals surface area contributed by atoms with Crippen LogP contribution in [-0.2, 0) is 9.59 Å². The summed E-state index contributed by atoms with van der Waals surface area (Å²) < 4.78 is 0. The minimum Gasteiger partial charge on any atom is -0.480 e. The maximum atomic E-state index is 11.5. The summed E-state index contributed by atoms with van der Waals surface area (Å²) in [4.78, 5) is 22.4. The fourth-order valence-electron chi connectivity index (χ4n) is 1.84. The van der Waals surface area contributed by atoms with Crippen LogP contribution in [0.3, 0.4) is 0 Å². The van der Waals surface area contributed by atoms with Crippen molar-refractivity contribution in [3.8, 4) is 0 Å². The van der Waals surface area contributed by atoms with Gasteiger partial charge in [0.05, 0.1) is 0 Å². The summed E-state index contributed by atoms with van der Waals surface area (Å²) in [6.45, 7) is 0.689. The van der Waals surface area contributed by atoms with Gasteiger partial charge in [-0.15, -0.1) is 0 Å². The molecule has 0 bridgehead atoms. The highest BCUT2D eigenvalue weighted by molar-refractivity contribution is 5.83. The number of unbranched alkanes of at least 4 members (excludes halogenated alkanes) is 3. The van der Waals surface area contributed by atoms with Crippen LogP contribution in [0.25, 0.3) is 0 Å². The summed E-state index contributed by atoms with van der Waals surface area (Å²) in [6.07, 6.45) is 6.05. The molecule has 0 aromatic carbocycles. The Morgan fingerprint density at radius 1 is 1.24 bits per heavy atom. The minimum atomic E-state index is -0.913. The van der Waals surface area contributed by atoms with E-state index in [2.05, 4.69) is 5.32 Å². The Morgan fingerprint density at radius 3 is 2.41 bits per heavy atom. The van der Waals surface area contributed by atoms with E-state index in [1.807, 2.05) is 0 Å². The summed E-state index contributed by atoms with van der Waals surface area (Å²) in [7, 11) is 0. The maximum absolute atomic E-state index is 11.5. The van der Waals surface area contributed by atoms with Crippen molar-refractivity contribution in [2.75, 3.05) is 6.54 Å². The second-order valence-electron chi connectivity index (χ2n) is 4.67. The Hall–Kier alpha value is -1.10. The lowest BCUT2D eigenvalue weighted by Crippen LogP contribution is -2.42. The SMILES string of the molecule is NCCCCCCC(=O)NC(C(=O)O)C1CC1. The molecule has 0 aromatic heterocycles. The van der Waals surface area contributed by atoms with Gasteiger partial charge in [0.25, 0.3) is 0 Å². The molecule has 0 heterocycles. The number of carboxylic acid groups (broad SMARTS) is 1. The Balaban J connectivity index is 2.12. The number of amides is 1. The van der Waals surface area contributed by atoms with Gasteiger partial charge < -0.3 is 16.2 Å². The summed E-state index contributed by atoms with van der Waals surface area (Å²) >= 11 is 0. The summed E-state index contributed by atoms with van der Waals surface area (Å²) in [5, 5.41) is 11.6. The molecule has 1 unspecified atom stereocenters. The second kappa shape index (κ2) is 7.27. The Bertz CT molecular complexity index is 264. The summed E-state index contributed by atoms with van der Waals surface area (Å²) in [5.74, 6) is -0.908. The van der Waals surface area contributed by atoms with Crippen LogP contribution in [-0.4, -0.2) is 29.6 Å². The predicted molar refractivity (Wildman–Crippen MR) is 64.4 cm³/mol. The first-order chi connectivity index (χ1) is 8.15. The molecule has 1 rings (SSSR count). The molecule has 0 aliphatic heterocycles. The molecule has 1 aliphatic rings. The van der Waals surface area contributed by atoms with Gasteiger partial charge in [-0.1, -0.05) is 12.8 Å². The number of carbonyl (C=O) groups excluding carboxylic acids is 1. The van der Waals surface area contributed by atoms with E-state index in [1.54, 1.807) is 0 Å². The molecule has 1 amide bonds. The zero-order valence-electron chi connectivity index (χ0n) is 10.2. The van der Waals surface area contributed by atoms with Gasteiger partial charge in [-0.25, -0.2) is 4.79 Å². The fraction of sp³-hybridized carbons (Fsp3) is 0.833. The molecule has 0 radical (unpaired) electrons. The van der Waals surface area contributed by atoms with Crippen LogP contribution in [0.1, 0.15) is 44.9 Å². The minimum absolute atomic E-state index is 0.142. The van der Waals surface area contributed by atoms with Crippen molar-refractivity contribution in [1.29, 1.82) is 0 Å². The van der Waals surface area contributed by atoms with E-state index in [1.165, 1.54) is 0 Å². The van der Waals surface area contributed by atoms with Crippen LogP contribution in [0.4, 0.5) is 0 Å². The molecule has 1 atom stereocenters. The van der Waals surface area contributed by atoms with E-state index in [4.69, 9.17) is 10.8 Å². The highest BCUT2D eigenvalue weighted by atomic mass is 16.4. The molecule has 1 saturated carbocycles. The highest BCUT2D eigenvalue weighted by Gasteiger charge is 2.36. The van der Waals surface area contributed by atoms with Gasteiger partial charge in [-0.2, -0.15) is 0 Å². The van der Waals surface area contributed by atoms with Gasteiger partial charge in [0.1, 0.15) is 6.04 Å². The molecule has 0 aromatic rings. The Morgan fingerprint density at radius 2 is 1.88 bits per heavy atom. The van der Waals surface area contributed by atoms with E-state index < -0.39 is 12.0 Å². The molecule has 0 saturated heterocycles. The number of carboxylic acids is 1. The molecule has 1 aliphatic carbocycles. The topological polar surface area (TPSA) is 92.4 Å². The lowest BCUT2D eigenvalue weighted by Gasteiger charge is -2.13. The van der Waals surface area contributed by atoms with Gasteiger partial charge in [0.15, 0.2) is 0 Å². The van der Waals surface area contributed by atoms with E-state index in [0.717, 1.165) is 38.5 Å². The van der Waals surface area contributed by atoms with Crippen molar-refractivity contribution in [3.63, 3.8) is 0 Å². The Kier molecular flexibility index (Phi) is 5.97. The van der Waals surface area contributed by atoms with Crippen LogP contribution < -0.4 is 11.1 Å². The van der Waals surface area contributed by atoms with E-state index >= 15 is 0 Å². The summed E-state index contributed by atoms with van der Waals surface area (Å²) in [5.41, 5.74) is 5.37. The zero-order valence-corrected chi connectivity index (χ0v) is 10.2. The highest BCUT2D eigenvalue weighted by Crippen LogP contribution is 2.32. The van der Waals surface area contributed by atoms with Crippen molar-refractivity contribution in [3.05, 3.63) is 0 Å². The third kappa shape index (κ3) is 5.68. The largest absolute Gasteiger partial charge is 0.480 e. The predicted octanol–water partition coefficient (Wildman–Crippen LogP) is 0.875. The molecule has 5 nitrogen and oxygen atoms in total. The molecule has 4 N–H and O–H groups in total. The number of nitrogens with two attached hydrogens (primary N) is 1. The molecule has 17 heavy (non-hydrogen) atoms. The van der Waals surface area contributed by atoms with Crippen molar-refractivity contribution >= 4 is 11.9 Å². The number of hydrogen-bond acceptors (Lipinski definition) is 3. The van der Waals surface area contributed by atoms with E-state index in [9.17, 15) is 9.59 Å². The van der Waals surface area contributed by atoms with Crippen molar-refractivity contribution in [2.45, 2.75) is 51.0 Å². The summed E-state index contributed by atoms with van der Waals surface area (Å²) in [6, 6.07) is -0.674. The average Bonchev–Trinajstić information content (AvgIpc) is 3.09. The lowest BCUT2D eigenvalue weighted by molar-refractivity contribution is -0.142. The monoisotopic (exact) mass is 242 g/mol. The van der Waals surface area contributed by atoms with Gasteiger partial charge >= 0.3 is 5.97 Å². The first kappa shape index (κ1) is 14.0. The average molecular weight is 242 g/mol. The van der Waals surface area contributed by atoms with Crippen molar-refractivity contribution in [1.82, 2.24) is 5.32 Å². The first-order valence-electron chi connectivity index (χ1n) is 6.37.